The Labute approximate surface area is 165 Å². The van der Waals surface area contributed by atoms with E-state index in [1.807, 2.05) is 14.0 Å². The van der Waals surface area contributed by atoms with Crippen molar-refractivity contribution in [3.05, 3.63) is 28.2 Å². The summed E-state index contributed by atoms with van der Waals surface area (Å²) in [5.74, 6) is 0.263. The van der Waals surface area contributed by atoms with Crippen molar-refractivity contribution in [1.82, 2.24) is 5.32 Å². The van der Waals surface area contributed by atoms with Crippen LogP contribution < -0.4 is 15.5 Å². The van der Waals surface area contributed by atoms with Crippen LogP contribution >= 0.6 is 23.2 Å². The zero-order valence-electron chi connectivity index (χ0n) is 15.6. The van der Waals surface area contributed by atoms with Gasteiger partial charge in [0.05, 0.1) is 22.8 Å². The summed E-state index contributed by atoms with van der Waals surface area (Å²) in [6.07, 6.45) is 4.58. The standard InChI is InChI=1S/C19H27Cl2N3O2/c1-12-7-4-5-10-16(12)22-19(26)13(2)24(3)11-17(25)23-18-14(20)8-6-9-15(18)21/h6,8-9,12-13,16H,4-5,7,10-11H2,1-3H3,(H,22,26)(H,23,25)/p+1/t12-,13+,16+/m0/s1. The van der Waals surface area contributed by atoms with Crippen LogP contribution in [-0.2, 0) is 9.59 Å². The zero-order chi connectivity index (χ0) is 19.3. The first-order valence-corrected chi connectivity index (χ1v) is 9.91. The van der Waals surface area contributed by atoms with Gasteiger partial charge >= 0.3 is 0 Å². The number of hydrogen-bond donors (Lipinski definition) is 3. The number of anilines is 1. The van der Waals surface area contributed by atoms with Gasteiger partial charge in [-0.3, -0.25) is 9.59 Å². The topological polar surface area (TPSA) is 62.6 Å². The summed E-state index contributed by atoms with van der Waals surface area (Å²) in [5.41, 5.74) is 0.404. The summed E-state index contributed by atoms with van der Waals surface area (Å²) in [5, 5.41) is 6.67. The van der Waals surface area contributed by atoms with Crippen LogP contribution in [0.3, 0.4) is 0 Å². The van der Waals surface area contributed by atoms with E-state index in [4.69, 9.17) is 23.2 Å². The predicted molar refractivity (Wildman–Crippen MR) is 106 cm³/mol. The fourth-order valence-electron chi connectivity index (χ4n) is 3.27. The third-order valence-corrected chi connectivity index (χ3v) is 5.87. The van der Waals surface area contributed by atoms with E-state index >= 15 is 0 Å². The number of rotatable bonds is 6. The van der Waals surface area contributed by atoms with Crippen molar-refractivity contribution in [1.29, 1.82) is 0 Å². The SMILES string of the molecule is C[C@H](C(=O)N[C@@H]1CCCC[C@@H]1C)[NH+](C)CC(=O)Nc1c(Cl)cccc1Cl. The lowest BCUT2D eigenvalue weighted by Crippen LogP contribution is -3.15. The number of carbonyl (C=O) groups excluding carboxylic acids is 2. The first-order valence-electron chi connectivity index (χ1n) is 9.16. The third kappa shape index (κ3) is 5.60. The van der Waals surface area contributed by atoms with Gasteiger partial charge in [-0.25, -0.2) is 0 Å². The van der Waals surface area contributed by atoms with Crippen LogP contribution in [0.25, 0.3) is 0 Å². The Kier molecular flexibility index (Phi) is 7.74. The van der Waals surface area contributed by atoms with Crippen LogP contribution in [0.2, 0.25) is 10.0 Å². The predicted octanol–water partition coefficient (Wildman–Crippen LogP) is 2.53. The monoisotopic (exact) mass is 400 g/mol. The number of amides is 2. The Morgan fingerprint density at radius 1 is 1.23 bits per heavy atom. The minimum atomic E-state index is -0.323. The van der Waals surface area contributed by atoms with Crippen LogP contribution in [0, 0.1) is 5.92 Å². The van der Waals surface area contributed by atoms with Crippen LogP contribution in [0.15, 0.2) is 18.2 Å². The van der Waals surface area contributed by atoms with E-state index in [-0.39, 0.29) is 30.4 Å². The average molecular weight is 401 g/mol. The molecule has 4 atom stereocenters. The molecule has 1 aromatic rings. The second-order valence-corrected chi connectivity index (χ2v) is 8.08. The highest BCUT2D eigenvalue weighted by atomic mass is 35.5. The Bertz CT molecular complexity index is 633. The van der Waals surface area contributed by atoms with E-state index in [1.54, 1.807) is 18.2 Å². The van der Waals surface area contributed by atoms with Gasteiger partial charge in [0, 0.05) is 6.04 Å². The fourth-order valence-corrected chi connectivity index (χ4v) is 3.76. The lowest BCUT2D eigenvalue weighted by Gasteiger charge is -2.31. The molecule has 26 heavy (non-hydrogen) atoms. The van der Waals surface area contributed by atoms with Gasteiger partial charge < -0.3 is 15.5 Å². The maximum atomic E-state index is 12.5. The maximum Gasteiger partial charge on any atom is 0.279 e. The van der Waals surface area contributed by atoms with Crippen molar-refractivity contribution in [3.8, 4) is 0 Å². The van der Waals surface area contributed by atoms with E-state index in [1.165, 1.54) is 6.42 Å². The minimum absolute atomic E-state index is 0.00942. The number of nitrogens with one attached hydrogen (secondary N) is 3. The Morgan fingerprint density at radius 3 is 2.46 bits per heavy atom. The highest BCUT2D eigenvalue weighted by Crippen LogP contribution is 2.29. The molecule has 1 saturated carbocycles. The van der Waals surface area contributed by atoms with Gasteiger partial charge in [-0.2, -0.15) is 0 Å². The molecule has 7 heteroatoms. The molecular formula is C19H28Cl2N3O2+. The number of quaternary nitrogens is 1. The van der Waals surface area contributed by atoms with Gasteiger partial charge in [-0.1, -0.05) is 49.0 Å². The van der Waals surface area contributed by atoms with Gasteiger partial charge in [0.1, 0.15) is 0 Å². The first-order chi connectivity index (χ1) is 12.3. The van der Waals surface area contributed by atoms with E-state index in [0.717, 1.165) is 24.2 Å². The number of likely N-dealkylation sites (N-methyl/N-ethyl adjacent to an activating group) is 1. The molecule has 0 heterocycles. The third-order valence-electron chi connectivity index (χ3n) is 5.24. The van der Waals surface area contributed by atoms with E-state index in [2.05, 4.69) is 17.6 Å². The molecule has 0 spiro atoms. The number of benzene rings is 1. The van der Waals surface area contributed by atoms with Gasteiger partial charge in [-0.15, -0.1) is 0 Å². The van der Waals surface area contributed by atoms with Crippen molar-refractivity contribution >= 4 is 40.7 Å². The van der Waals surface area contributed by atoms with Gasteiger partial charge in [0.25, 0.3) is 11.8 Å². The lowest BCUT2D eigenvalue weighted by atomic mass is 9.86. The molecule has 0 saturated heterocycles. The molecule has 1 aromatic carbocycles. The average Bonchev–Trinajstić information content (AvgIpc) is 2.59. The maximum absolute atomic E-state index is 12.5. The summed E-state index contributed by atoms with van der Waals surface area (Å²) in [6, 6.07) is 4.97. The molecule has 5 nitrogen and oxygen atoms in total. The van der Waals surface area contributed by atoms with Gasteiger partial charge in [0.2, 0.25) is 0 Å². The van der Waals surface area contributed by atoms with E-state index < -0.39 is 0 Å². The van der Waals surface area contributed by atoms with Crippen molar-refractivity contribution in [2.24, 2.45) is 5.92 Å². The normalized spacial score (nSPS) is 22.3. The first kappa shape index (κ1) is 21.0. The van der Waals surface area contributed by atoms with Crippen molar-refractivity contribution < 1.29 is 14.5 Å². The highest BCUT2D eigenvalue weighted by Gasteiger charge is 2.29. The molecule has 0 aliphatic heterocycles. The molecule has 0 radical (unpaired) electrons. The van der Waals surface area contributed by atoms with Crippen LogP contribution in [0.4, 0.5) is 5.69 Å². The molecule has 0 bridgehead atoms. The van der Waals surface area contributed by atoms with E-state index in [0.29, 0.717) is 21.7 Å². The van der Waals surface area contributed by atoms with Crippen LogP contribution in [-0.4, -0.2) is 37.5 Å². The van der Waals surface area contributed by atoms with Crippen LogP contribution in [0.5, 0.6) is 0 Å². The highest BCUT2D eigenvalue weighted by molar-refractivity contribution is 6.39. The van der Waals surface area contributed by atoms with E-state index in [9.17, 15) is 9.59 Å². The van der Waals surface area contributed by atoms with Gasteiger partial charge in [0.15, 0.2) is 12.6 Å². The van der Waals surface area contributed by atoms with Crippen molar-refractivity contribution in [2.75, 3.05) is 18.9 Å². The molecule has 0 aromatic heterocycles. The number of para-hydroxylation sites is 1. The molecule has 1 fully saturated rings. The van der Waals surface area contributed by atoms with Gasteiger partial charge in [-0.05, 0) is 37.8 Å². The second kappa shape index (κ2) is 9.58. The molecule has 1 unspecified atom stereocenters. The molecule has 2 rings (SSSR count). The summed E-state index contributed by atoms with van der Waals surface area (Å²) in [7, 11) is 1.84. The fraction of sp³-hybridized carbons (Fsp3) is 0.579. The Morgan fingerprint density at radius 2 is 1.85 bits per heavy atom. The lowest BCUT2D eigenvalue weighted by molar-refractivity contribution is -0.885. The number of carbonyl (C=O) groups is 2. The van der Waals surface area contributed by atoms with Crippen molar-refractivity contribution in [2.45, 2.75) is 51.6 Å². The number of hydrogen-bond acceptors (Lipinski definition) is 2. The summed E-state index contributed by atoms with van der Waals surface area (Å²) >= 11 is 12.2. The smallest absolute Gasteiger partial charge is 0.279 e. The molecular weight excluding hydrogens is 373 g/mol. The van der Waals surface area contributed by atoms with Crippen molar-refractivity contribution in [3.63, 3.8) is 0 Å². The zero-order valence-corrected chi connectivity index (χ0v) is 17.1. The molecule has 1 aliphatic rings. The Balaban J connectivity index is 1.88. The molecule has 1 aliphatic carbocycles. The van der Waals surface area contributed by atoms with Crippen LogP contribution in [0.1, 0.15) is 39.5 Å². The summed E-state index contributed by atoms with van der Waals surface area (Å²) < 4.78 is 0. The second-order valence-electron chi connectivity index (χ2n) is 7.27. The minimum Gasteiger partial charge on any atom is -0.348 e. The molecule has 2 amide bonds. The number of halogens is 2. The molecule has 144 valence electrons. The largest absolute Gasteiger partial charge is 0.348 e. The summed E-state index contributed by atoms with van der Waals surface area (Å²) in [6.45, 7) is 4.18. The summed E-state index contributed by atoms with van der Waals surface area (Å²) in [4.78, 5) is 25.7. The molecule has 3 N–H and O–H groups in total. The quantitative estimate of drug-likeness (QED) is 0.686. The Hall–Kier alpha value is -1.30.